The maximum atomic E-state index is 11.5. The molecule has 19 heavy (non-hydrogen) atoms. The van der Waals surface area contributed by atoms with Gasteiger partial charge < -0.3 is 9.73 Å². The molecule has 0 amide bonds. The van der Waals surface area contributed by atoms with Crippen LogP contribution in [0.5, 0.6) is 0 Å². The normalized spacial score (nSPS) is 25.6. The number of hydrogen-bond acceptors (Lipinski definition) is 4. The van der Waals surface area contributed by atoms with Crippen molar-refractivity contribution in [2.24, 2.45) is 5.92 Å². The summed E-state index contributed by atoms with van der Waals surface area (Å²) in [6.07, 6.45) is 2.12. The number of hydrogen-bond donors (Lipinski definition) is 1. The van der Waals surface area contributed by atoms with Crippen molar-refractivity contribution >= 4 is 10.0 Å². The van der Waals surface area contributed by atoms with E-state index in [1.54, 1.807) is 4.31 Å². The molecule has 108 valence electrons. The van der Waals surface area contributed by atoms with Crippen LogP contribution in [0.25, 0.3) is 0 Å². The van der Waals surface area contributed by atoms with Gasteiger partial charge >= 0.3 is 0 Å². The maximum Gasteiger partial charge on any atom is 0.211 e. The third kappa shape index (κ3) is 3.81. The first-order valence-electron chi connectivity index (χ1n) is 6.60. The van der Waals surface area contributed by atoms with Crippen LogP contribution in [0.2, 0.25) is 0 Å². The van der Waals surface area contributed by atoms with Gasteiger partial charge in [-0.25, -0.2) is 12.7 Å². The number of aryl methyl sites for hydroxylation is 1. The summed E-state index contributed by atoms with van der Waals surface area (Å²) in [5.41, 5.74) is 0. The van der Waals surface area contributed by atoms with Gasteiger partial charge in [-0.05, 0) is 31.4 Å². The molecule has 6 heteroatoms. The van der Waals surface area contributed by atoms with E-state index in [1.165, 1.54) is 6.26 Å². The molecule has 1 aliphatic rings. The SMILES string of the molecule is Cc1ccc(CN[C@H]2CCN(S(C)(=O)=O)C[C@@H]2C)o1. The number of piperidine rings is 1. The second-order valence-corrected chi connectivity index (χ2v) is 7.37. The molecule has 2 atom stereocenters. The van der Waals surface area contributed by atoms with E-state index in [0.717, 1.165) is 17.9 Å². The minimum Gasteiger partial charge on any atom is -0.465 e. The zero-order valence-electron chi connectivity index (χ0n) is 11.7. The fourth-order valence-corrected chi connectivity index (χ4v) is 3.47. The van der Waals surface area contributed by atoms with Gasteiger partial charge in [0.25, 0.3) is 0 Å². The standard InChI is InChI=1S/C13H22N2O3S/c1-10-9-15(19(3,16)17)7-6-13(10)14-8-12-5-4-11(2)18-12/h4-5,10,13-14H,6-9H2,1-3H3/t10-,13-/m0/s1. The van der Waals surface area contributed by atoms with Gasteiger partial charge in [-0.15, -0.1) is 0 Å². The van der Waals surface area contributed by atoms with E-state index in [-0.39, 0.29) is 0 Å². The van der Waals surface area contributed by atoms with Crippen molar-refractivity contribution in [3.63, 3.8) is 0 Å². The molecule has 1 aromatic heterocycles. The van der Waals surface area contributed by atoms with Crippen molar-refractivity contribution in [2.45, 2.75) is 32.9 Å². The van der Waals surface area contributed by atoms with Crippen LogP contribution in [0.3, 0.4) is 0 Å². The van der Waals surface area contributed by atoms with Crippen molar-refractivity contribution in [1.29, 1.82) is 0 Å². The molecule has 0 aromatic carbocycles. The van der Waals surface area contributed by atoms with Crippen LogP contribution in [0.15, 0.2) is 16.5 Å². The lowest BCUT2D eigenvalue weighted by atomic mass is 9.95. The average Bonchev–Trinajstić information content (AvgIpc) is 2.72. The van der Waals surface area contributed by atoms with Gasteiger partial charge in [-0.1, -0.05) is 6.92 Å². The Morgan fingerprint density at radius 2 is 2.21 bits per heavy atom. The van der Waals surface area contributed by atoms with Gasteiger partial charge in [-0.3, -0.25) is 0 Å². The molecule has 0 aliphatic carbocycles. The van der Waals surface area contributed by atoms with E-state index in [1.807, 2.05) is 19.1 Å². The van der Waals surface area contributed by atoms with Crippen molar-refractivity contribution in [2.75, 3.05) is 19.3 Å². The van der Waals surface area contributed by atoms with Crippen LogP contribution in [0, 0.1) is 12.8 Å². The quantitative estimate of drug-likeness (QED) is 0.907. The van der Waals surface area contributed by atoms with Gasteiger partial charge in [0.15, 0.2) is 0 Å². The molecule has 1 aromatic rings. The van der Waals surface area contributed by atoms with E-state index >= 15 is 0 Å². The number of nitrogens with one attached hydrogen (secondary N) is 1. The van der Waals surface area contributed by atoms with Crippen LogP contribution >= 0.6 is 0 Å². The number of sulfonamides is 1. The lowest BCUT2D eigenvalue weighted by molar-refractivity contribution is 0.216. The van der Waals surface area contributed by atoms with Crippen LogP contribution in [-0.2, 0) is 16.6 Å². The highest BCUT2D eigenvalue weighted by atomic mass is 32.2. The van der Waals surface area contributed by atoms with E-state index in [4.69, 9.17) is 4.42 Å². The second kappa shape index (κ2) is 5.64. The minimum atomic E-state index is -3.06. The molecule has 0 unspecified atom stereocenters. The van der Waals surface area contributed by atoms with Gasteiger partial charge in [0.1, 0.15) is 11.5 Å². The zero-order chi connectivity index (χ0) is 14.0. The van der Waals surface area contributed by atoms with Crippen molar-refractivity contribution in [3.8, 4) is 0 Å². The molecule has 2 rings (SSSR count). The summed E-state index contributed by atoms with van der Waals surface area (Å²) in [6.45, 7) is 5.90. The molecule has 1 saturated heterocycles. The van der Waals surface area contributed by atoms with Crippen LogP contribution in [0.4, 0.5) is 0 Å². The molecule has 5 nitrogen and oxygen atoms in total. The number of nitrogens with zero attached hydrogens (tertiary/aromatic N) is 1. The molecule has 1 fully saturated rings. The fraction of sp³-hybridized carbons (Fsp3) is 0.692. The van der Waals surface area contributed by atoms with Crippen LogP contribution in [0.1, 0.15) is 24.9 Å². The topological polar surface area (TPSA) is 62.6 Å². The maximum absolute atomic E-state index is 11.5. The van der Waals surface area contributed by atoms with Gasteiger partial charge in [0.05, 0.1) is 12.8 Å². The monoisotopic (exact) mass is 286 g/mol. The predicted molar refractivity (Wildman–Crippen MR) is 74.3 cm³/mol. The Morgan fingerprint density at radius 1 is 1.47 bits per heavy atom. The highest BCUT2D eigenvalue weighted by molar-refractivity contribution is 7.88. The molecular weight excluding hydrogens is 264 g/mol. The lowest BCUT2D eigenvalue weighted by Gasteiger charge is -2.35. The van der Waals surface area contributed by atoms with E-state index < -0.39 is 10.0 Å². The highest BCUT2D eigenvalue weighted by Crippen LogP contribution is 2.19. The third-order valence-corrected chi connectivity index (χ3v) is 4.94. The predicted octanol–water partition coefficient (Wildman–Crippen LogP) is 1.35. The fourth-order valence-electron chi connectivity index (χ4n) is 2.52. The Bertz CT molecular complexity index is 524. The molecule has 0 saturated carbocycles. The summed E-state index contributed by atoms with van der Waals surface area (Å²) < 4.78 is 30.1. The summed E-state index contributed by atoms with van der Waals surface area (Å²) in [6, 6.07) is 4.26. The first kappa shape index (κ1) is 14.6. The Balaban J connectivity index is 1.86. The largest absolute Gasteiger partial charge is 0.465 e. The van der Waals surface area contributed by atoms with Gasteiger partial charge in [0, 0.05) is 19.1 Å². The average molecular weight is 286 g/mol. The summed E-state index contributed by atoms with van der Waals surface area (Å²) in [7, 11) is -3.06. The highest BCUT2D eigenvalue weighted by Gasteiger charge is 2.30. The zero-order valence-corrected chi connectivity index (χ0v) is 12.5. The smallest absolute Gasteiger partial charge is 0.211 e. The van der Waals surface area contributed by atoms with Crippen molar-refractivity contribution in [3.05, 3.63) is 23.7 Å². The number of rotatable bonds is 4. The van der Waals surface area contributed by atoms with Gasteiger partial charge in [0.2, 0.25) is 10.0 Å². The molecule has 2 heterocycles. The molecule has 0 radical (unpaired) electrons. The summed E-state index contributed by atoms with van der Waals surface area (Å²) in [4.78, 5) is 0. The van der Waals surface area contributed by atoms with Gasteiger partial charge in [-0.2, -0.15) is 0 Å². The molecule has 0 spiro atoms. The third-order valence-electron chi connectivity index (χ3n) is 3.67. The molecular formula is C13H22N2O3S. The first-order valence-corrected chi connectivity index (χ1v) is 8.45. The lowest BCUT2D eigenvalue weighted by Crippen LogP contribution is -2.49. The molecule has 0 bridgehead atoms. The second-order valence-electron chi connectivity index (χ2n) is 5.39. The molecule has 1 N–H and O–H groups in total. The summed E-state index contributed by atoms with van der Waals surface area (Å²) in [5, 5.41) is 3.46. The van der Waals surface area contributed by atoms with Crippen molar-refractivity contribution in [1.82, 2.24) is 9.62 Å². The van der Waals surface area contributed by atoms with E-state index in [2.05, 4.69) is 12.2 Å². The van der Waals surface area contributed by atoms with Crippen LogP contribution < -0.4 is 5.32 Å². The Labute approximate surface area is 115 Å². The Morgan fingerprint density at radius 3 is 2.74 bits per heavy atom. The molecule has 1 aliphatic heterocycles. The minimum absolute atomic E-state index is 0.305. The Kier molecular flexibility index (Phi) is 4.32. The number of furan rings is 1. The van der Waals surface area contributed by atoms with E-state index in [9.17, 15) is 8.42 Å². The summed E-state index contributed by atoms with van der Waals surface area (Å²) in [5.74, 6) is 2.14. The van der Waals surface area contributed by atoms with Crippen molar-refractivity contribution < 1.29 is 12.8 Å². The van der Waals surface area contributed by atoms with Crippen LogP contribution in [-0.4, -0.2) is 38.1 Å². The Hall–Kier alpha value is -0.850. The first-order chi connectivity index (χ1) is 8.86. The van der Waals surface area contributed by atoms with E-state index in [0.29, 0.717) is 31.6 Å². The summed E-state index contributed by atoms with van der Waals surface area (Å²) >= 11 is 0.